The number of halogens is 1. The van der Waals surface area contributed by atoms with Crippen LogP contribution in [0.25, 0.3) is 0 Å². The molecule has 1 aliphatic rings. The molecule has 2 aromatic rings. The van der Waals surface area contributed by atoms with E-state index in [1.807, 2.05) is 13.8 Å². The molecule has 0 unspecified atom stereocenters. The number of ether oxygens (including phenoxy) is 1. The number of aromatic nitrogens is 2. The normalized spacial score (nSPS) is 14.9. The summed E-state index contributed by atoms with van der Waals surface area (Å²) < 4.78 is 5.68. The molecular formula is C14H14ClN3O2S. The second-order valence-corrected chi connectivity index (χ2v) is 6.55. The third kappa shape index (κ3) is 3.01. The van der Waals surface area contributed by atoms with Crippen molar-refractivity contribution in [3.05, 3.63) is 38.9 Å². The number of rotatable bonds is 3. The van der Waals surface area contributed by atoms with E-state index < -0.39 is 0 Å². The van der Waals surface area contributed by atoms with Gasteiger partial charge in [0.25, 0.3) is 5.91 Å². The number of carbonyl (C=O) groups excluding carboxylic acids is 1. The van der Waals surface area contributed by atoms with Crippen LogP contribution in [0.1, 0.15) is 20.4 Å². The number of likely N-dealkylation sites (tertiary alicyclic amines) is 1. The van der Waals surface area contributed by atoms with E-state index in [2.05, 4.69) is 9.97 Å². The fourth-order valence-electron chi connectivity index (χ4n) is 2.15. The van der Waals surface area contributed by atoms with Crippen molar-refractivity contribution in [3.8, 4) is 5.88 Å². The Morgan fingerprint density at radius 2 is 2.19 bits per heavy atom. The number of hydrogen-bond donors (Lipinski definition) is 0. The Labute approximate surface area is 131 Å². The maximum Gasteiger partial charge on any atom is 0.266 e. The Kier molecular flexibility index (Phi) is 3.82. The van der Waals surface area contributed by atoms with E-state index >= 15 is 0 Å². The molecule has 1 saturated heterocycles. The van der Waals surface area contributed by atoms with Crippen LogP contribution in [0.5, 0.6) is 5.88 Å². The van der Waals surface area contributed by atoms with E-state index in [1.54, 1.807) is 23.2 Å². The van der Waals surface area contributed by atoms with Crippen molar-refractivity contribution in [1.82, 2.24) is 14.9 Å². The van der Waals surface area contributed by atoms with Crippen molar-refractivity contribution >= 4 is 28.8 Å². The SMILES string of the molecule is Cc1nc(C)c(C(=O)N2CC(Oc3ccc(Cl)cn3)C2)s1. The molecule has 0 N–H and O–H groups in total. The molecule has 1 amide bonds. The van der Waals surface area contributed by atoms with Gasteiger partial charge in [0.1, 0.15) is 11.0 Å². The van der Waals surface area contributed by atoms with Gasteiger partial charge in [-0.1, -0.05) is 11.6 Å². The first-order valence-corrected chi connectivity index (χ1v) is 7.74. The highest BCUT2D eigenvalue weighted by Crippen LogP contribution is 2.24. The number of thiazole rings is 1. The smallest absolute Gasteiger partial charge is 0.266 e. The summed E-state index contributed by atoms with van der Waals surface area (Å²) in [6.45, 7) is 4.91. The van der Waals surface area contributed by atoms with Crippen LogP contribution in [-0.2, 0) is 0 Å². The van der Waals surface area contributed by atoms with E-state index in [1.165, 1.54) is 11.3 Å². The lowest BCUT2D eigenvalue weighted by molar-refractivity contribution is 0.0163. The summed E-state index contributed by atoms with van der Waals surface area (Å²) in [5.41, 5.74) is 0.797. The van der Waals surface area contributed by atoms with Crippen LogP contribution >= 0.6 is 22.9 Å². The lowest BCUT2D eigenvalue weighted by Gasteiger charge is -2.38. The average Bonchev–Trinajstić information content (AvgIpc) is 2.74. The van der Waals surface area contributed by atoms with Crippen LogP contribution < -0.4 is 4.74 Å². The number of carbonyl (C=O) groups is 1. The first kappa shape index (κ1) is 14.3. The first-order valence-electron chi connectivity index (χ1n) is 6.54. The standard InChI is InChI=1S/C14H14ClN3O2S/c1-8-13(21-9(2)17-8)14(19)18-6-11(7-18)20-12-4-3-10(15)5-16-12/h3-5,11H,6-7H2,1-2H3. The van der Waals surface area contributed by atoms with Crippen molar-refractivity contribution in [1.29, 1.82) is 0 Å². The van der Waals surface area contributed by atoms with Crippen LogP contribution in [0.3, 0.4) is 0 Å². The largest absolute Gasteiger partial charge is 0.471 e. The monoisotopic (exact) mass is 323 g/mol. The summed E-state index contributed by atoms with van der Waals surface area (Å²) in [6, 6.07) is 3.46. The van der Waals surface area contributed by atoms with Gasteiger partial charge in [-0.25, -0.2) is 9.97 Å². The molecule has 7 heteroatoms. The fraction of sp³-hybridized carbons (Fsp3) is 0.357. The molecule has 0 atom stereocenters. The highest BCUT2D eigenvalue weighted by atomic mass is 35.5. The van der Waals surface area contributed by atoms with Gasteiger partial charge in [-0.05, 0) is 19.9 Å². The van der Waals surface area contributed by atoms with Gasteiger partial charge >= 0.3 is 0 Å². The highest BCUT2D eigenvalue weighted by molar-refractivity contribution is 7.13. The summed E-state index contributed by atoms with van der Waals surface area (Å²) in [4.78, 5) is 23.2. The van der Waals surface area contributed by atoms with E-state index in [0.717, 1.165) is 15.6 Å². The van der Waals surface area contributed by atoms with Gasteiger partial charge in [0.05, 0.1) is 28.8 Å². The zero-order chi connectivity index (χ0) is 15.0. The van der Waals surface area contributed by atoms with Gasteiger partial charge in [-0.15, -0.1) is 11.3 Å². The van der Waals surface area contributed by atoms with Gasteiger partial charge < -0.3 is 9.64 Å². The van der Waals surface area contributed by atoms with Crippen molar-refractivity contribution in [2.75, 3.05) is 13.1 Å². The Morgan fingerprint density at radius 1 is 1.43 bits per heavy atom. The van der Waals surface area contributed by atoms with Crippen molar-refractivity contribution < 1.29 is 9.53 Å². The van der Waals surface area contributed by atoms with Gasteiger partial charge in [-0.3, -0.25) is 4.79 Å². The molecule has 0 spiro atoms. The molecule has 1 aliphatic heterocycles. The number of nitrogens with zero attached hydrogens (tertiary/aromatic N) is 3. The number of hydrogen-bond acceptors (Lipinski definition) is 5. The molecule has 3 rings (SSSR count). The summed E-state index contributed by atoms with van der Waals surface area (Å²) in [5, 5.41) is 1.48. The quantitative estimate of drug-likeness (QED) is 0.871. The predicted octanol–water partition coefficient (Wildman–Crippen LogP) is 2.71. The number of amides is 1. The molecule has 2 aromatic heterocycles. The van der Waals surface area contributed by atoms with E-state index in [-0.39, 0.29) is 12.0 Å². The lowest BCUT2D eigenvalue weighted by Crippen LogP contribution is -2.56. The molecule has 0 radical (unpaired) electrons. The van der Waals surface area contributed by atoms with Crippen molar-refractivity contribution in [2.24, 2.45) is 0 Å². The van der Waals surface area contributed by atoms with E-state index in [9.17, 15) is 4.79 Å². The maximum absolute atomic E-state index is 12.3. The van der Waals surface area contributed by atoms with E-state index in [0.29, 0.717) is 24.0 Å². The molecule has 0 bridgehead atoms. The molecule has 1 fully saturated rings. The average molecular weight is 324 g/mol. The van der Waals surface area contributed by atoms with Gasteiger partial charge in [-0.2, -0.15) is 0 Å². The fourth-order valence-corrected chi connectivity index (χ4v) is 3.15. The molecule has 21 heavy (non-hydrogen) atoms. The minimum absolute atomic E-state index is 0.0167. The number of pyridine rings is 1. The topological polar surface area (TPSA) is 55.3 Å². The molecule has 5 nitrogen and oxygen atoms in total. The van der Waals surface area contributed by atoms with Gasteiger partial charge in [0.15, 0.2) is 0 Å². The van der Waals surface area contributed by atoms with Crippen molar-refractivity contribution in [2.45, 2.75) is 20.0 Å². The Hall–Kier alpha value is -1.66. The maximum atomic E-state index is 12.3. The van der Waals surface area contributed by atoms with Crippen LogP contribution in [0.2, 0.25) is 5.02 Å². The molecule has 0 aliphatic carbocycles. The molecule has 0 saturated carbocycles. The van der Waals surface area contributed by atoms with Gasteiger partial charge in [0, 0.05) is 12.3 Å². The molecule has 0 aromatic carbocycles. The Morgan fingerprint density at radius 3 is 2.76 bits per heavy atom. The van der Waals surface area contributed by atoms with E-state index in [4.69, 9.17) is 16.3 Å². The van der Waals surface area contributed by atoms with Gasteiger partial charge in [0.2, 0.25) is 5.88 Å². The van der Waals surface area contributed by atoms with Crippen molar-refractivity contribution in [3.63, 3.8) is 0 Å². The zero-order valence-corrected chi connectivity index (χ0v) is 13.2. The summed E-state index contributed by atoms with van der Waals surface area (Å²) in [7, 11) is 0. The lowest BCUT2D eigenvalue weighted by atomic mass is 10.1. The molecule has 3 heterocycles. The third-order valence-electron chi connectivity index (χ3n) is 3.22. The Balaban J connectivity index is 1.57. The molecular weight excluding hydrogens is 310 g/mol. The third-order valence-corrected chi connectivity index (χ3v) is 4.51. The second-order valence-electron chi connectivity index (χ2n) is 4.91. The predicted molar refractivity (Wildman–Crippen MR) is 81.2 cm³/mol. The van der Waals surface area contributed by atoms with Crippen LogP contribution in [0.4, 0.5) is 0 Å². The second kappa shape index (κ2) is 5.61. The van der Waals surface area contributed by atoms with Crippen LogP contribution in [0, 0.1) is 13.8 Å². The van der Waals surface area contributed by atoms with Crippen LogP contribution in [0.15, 0.2) is 18.3 Å². The Bertz CT molecular complexity index is 665. The summed E-state index contributed by atoms with van der Waals surface area (Å²) in [5.74, 6) is 0.559. The zero-order valence-electron chi connectivity index (χ0n) is 11.7. The minimum Gasteiger partial charge on any atom is -0.471 e. The summed E-state index contributed by atoms with van der Waals surface area (Å²) >= 11 is 7.21. The summed E-state index contributed by atoms with van der Waals surface area (Å²) in [6.07, 6.45) is 1.53. The highest BCUT2D eigenvalue weighted by Gasteiger charge is 2.34. The minimum atomic E-state index is -0.0167. The molecule has 110 valence electrons. The van der Waals surface area contributed by atoms with Crippen LogP contribution in [-0.4, -0.2) is 40.0 Å². The number of aryl methyl sites for hydroxylation is 2. The first-order chi connectivity index (χ1) is 10.0.